The molecule has 2 fully saturated rings. The van der Waals surface area contributed by atoms with E-state index in [-0.39, 0.29) is 5.41 Å². The first kappa shape index (κ1) is 14.8. The van der Waals surface area contributed by atoms with E-state index in [9.17, 15) is 4.79 Å². The fraction of sp³-hybridized carbons (Fsp3) is 0.938. The molecular formula is C16H30N2O. The molecule has 2 atom stereocenters. The zero-order valence-electron chi connectivity index (χ0n) is 12.7. The zero-order chi connectivity index (χ0) is 13.9. The van der Waals surface area contributed by atoms with Gasteiger partial charge >= 0.3 is 0 Å². The highest BCUT2D eigenvalue weighted by atomic mass is 16.2. The zero-order valence-corrected chi connectivity index (χ0v) is 12.7. The summed E-state index contributed by atoms with van der Waals surface area (Å²) in [5.41, 5.74) is 6.11. The molecule has 0 spiro atoms. The van der Waals surface area contributed by atoms with Crippen molar-refractivity contribution in [2.24, 2.45) is 17.1 Å². The molecule has 0 aromatic carbocycles. The minimum absolute atomic E-state index is 0.109. The second-order valence-electron chi connectivity index (χ2n) is 7.01. The van der Waals surface area contributed by atoms with Gasteiger partial charge in [0.05, 0.1) is 0 Å². The SMILES string of the molecule is CC1CCN(C(=O)CC2(CN)CCCCC2)C(C)C1. The maximum absolute atomic E-state index is 12.6. The lowest BCUT2D eigenvalue weighted by Crippen LogP contribution is -2.47. The quantitative estimate of drug-likeness (QED) is 0.853. The van der Waals surface area contributed by atoms with Crippen molar-refractivity contribution in [2.75, 3.05) is 13.1 Å². The number of rotatable bonds is 3. The third-order valence-electron chi connectivity index (χ3n) is 5.33. The Morgan fingerprint density at radius 3 is 2.53 bits per heavy atom. The molecule has 0 aromatic rings. The van der Waals surface area contributed by atoms with Crippen LogP contribution >= 0.6 is 0 Å². The Labute approximate surface area is 117 Å². The molecule has 1 saturated heterocycles. The van der Waals surface area contributed by atoms with E-state index in [0.29, 0.717) is 24.9 Å². The number of hydrogen-bond donors (Lipinski definition) is 1. The highest BCUT2D eigenvalue weighted by Gasteiger charge is 2.36. The van der Waals surface area contributed by atoms with E-state index in [4.69, 9.17) is 5.73 Å². The second kappa shape index (κ2) is 6.25. The van der Waals surface area contributed by atoms with Gasteiger partial charge in [0.2, 0.25) is 5.91 Å². The van der Waals surface area contributed by atoms with Gasteiger partial charge in [0.15, 0.2) is 0 Å². The van der Waals surface area contributed by atoms with Gasteiger partial charge in [-0.1, -0.05) is 26.2 Å². The normalized spacial score (nSPS) is 31.2. The molecule has 2 N–H and O–H groups in total. The van der Waals surface area contributed by atoms with Crippen LogP contribution < -0.4 is 5.73 Å². The Morgan fingerprint density at radius 1 is 1.26 bits per heavy atom. The van der Waals surface area contributed by atoms with Crippen LogP contribution in [0, 0.1) is 11.3 Å². The smallest absolute Gasteiger partial charge is 0.223 e. The summed E-state index contributed by atoms with van der Waals surface area (Å²) >= 11 is 0. The Bertz CT molecular complexity index is 310. The summed E-state index contributed by atoms with van der Waals surface area (Å²) in [5, 5.41) is 0. The van der Waals surface area contributed by atoms with Gasteiger partial charge in [-0.05, 0) is 50.5 Å². The van der Waals surface area contributed by atoms with E-state index >= 15 is 0 Å². The predicted octanol–water partition coefficient (Wildman–Crippen LogP) is 2.93. The van der Waals surface area contributed by atoms with E-state index in [0.717, 1.165) is 38.1 Å². The molecule has 1 heterocycles. The van der Waals surface area contributed by atoms with E-state index in [1.807, 2.05) is 0 Å². The van der Waals surface area contributed by atoms with Crippen molar-refractivity contribution < 1.29 is 4.79 Å². The molecular weight excluding hydrogens is 236 g/mol. The van der Waals surface area contributed by atoms with Gasteiger partial charge in [0, 0.05) is 19.0 Å². The van der Waals surface area contributed by atoms with Crippen molar-refractivity contribution in [3.8, 4) is 0 Å². The number of hydrogen-bond acceptors (Lipinski definition) is 2. The fourth-order valence-electron chi connectivity index (χ4n) is 3.95. The lowest BCUT2D eigenvalue weighted by atomic mass is 9.71. The van der Waals surface area contributed by atoms with Crippen LogP contribution in [0.2, 0.25) is 0 Å². The number of nitrogens with zero attached hydrogens (tertiary/aromatic N) is 1. The van der Waals surface area contributed by atoms with Crippen molar-refractivity contribution in [1.82, 2.24) is 4.90 Å². The predicted molar refractivity (Wildman–Crippen MR) is 78.8 cm³/mol. The standard InChI is InChI=1S/C16H30N2O/c1-13-6-9-18(14(2)10-13)15(19)11-16(12-17)7-4-3-5-8-16/h13-14H,3-12,17H2,1-2H3. The summed E-state index contributed by atoms with van der Waals surface area (Å²) in [5.74, 6) is 1.11. The number of carbonyl (C=O) groups excluding carboxylic acids is 1. The highest BCUT2D eigenvalue weighted by molar-refractivity contribution is 5.77. The lowest BCUT2D eigenvalue weighted by molar-refractivity contribution is -0.138. The summed E-state index contributed by atoms with van der Waals surface area (Å²) < 4.78 is 0. The van der Waals surface area contributed by atoms with Crippen LogP contribution in [0.4, 0.5) is 0 Å². The number of amides is 1. The van der Waals surface area contributed by atoms with E-state index < -0.39 is 0 Å². The monoisotopic (exact) mass is 266 g/mol. The van der Waals surface area contributed by atoms with Crippen LogP contribution in [0.5, 0.6) is 0 Å². The third-order valence-corrected chi connectivity index (χ3v) is 5.33. The van der Waals surface area contributed by atoms with Gasteiger partial charge in [-0.3, -0.25) is 4.79 Å². The highest BCUT2D eigenvalue weighted by Crippen LogP contribution is 2.39. The first-order chi connectivity index (χ1) is 9.06. The molecule has 0 radical (unpaired) electrons. The van der Waals surface area contributed by atoms with Gasteiger partial charge in [-0.25, -0.2) is 0 Å². The maximum Gasteiger partial charge on any atom is 0.223 e. The summed E-state index contributed by atoms with van der Waals surface area (Å²) in [4.78, 5) is 14.7. The topological polar surface area (TPSA) is 46.3 Å². The number of nitrogens with two attached hydrogens (primary N) is 1. The van der Waals surface area contributed by atoms with Crippen LogP contribution in [0.15, 0.2) is 0 Å². The Kier molecular flexibility index (Phi) is 4.88. The van der Waals surface area contributed by atoms with Crippen molar-refractivity contribution in [3.05, 3.63) is 0 Å². The molecule has 1 amide bonds. The third kappa shape index (κ3) is 3.50. The molecule has 2 aliphatic rings. The van der Waals surface area contributed by atoms with Crippen LogP contribution in [0.3, 0.4) is 0 Å². The average Bonchev–Trinajstić information content (AvgIpc) is 2.39. The molecule has 3 heteroatoms. The van der Waals surface area contributed by atoms with Gasteiger partial charge in [0.25, 0.3) is 0 Å². The first-order valence-corrected chi connectivity index (χ1v) is 8.06. The summed E-state index contributed by atoms with van der Waals surface area (Å²) in [6, 6.07) is 0.412. The maximum atomic E-state index is 12.6. The molecule has 0 bridgehead atoms. The molecule has 1 saturated carbocycles. The lowest BCUT2D eigenvalue weighted by Gasteiger charge is -2.41. The molecule has 1 aliphatic carbocycles. The fourth-order valence-corrected chi connectivity index (χ4v) is 3.95. The van der Waals surface area contributed by atoms with Gasteiger partial charge < -0.3 is 10.6 Å². The van der Waals surface area contributed by atoms with Crippen molar-refractivity contribution in [3.63, 3.8) is 0 Å². The minimum Gasteiger partial charge on any atom is -0.340 e. The molecule has 2 unspecified atom stereocenters. The molecule has 2 rings (SSSR count). The summed E-state index contributed by atoms with van der Waals surface area (Å²) in [6.45, 7) is 6.11. The average molecular weight is 266 g/mol. The number of likely N-dealkylation sites (tertiary alicyclic amines) is 1. The first-order valence-electron chi connectivity index (χ1n) is 8.06. The molecule has 110 valence electrons. The largest absolute Gasteiger partial charge is 0.340 e. The minimum atomic E-state index is 0.109. The molecule has 1 aliphatic heterocycles. The van der Waals surface area contributed by atoms with Crippen molar-refractivity contribution in [1.29, 1.82) is 0 Å². The Hall–Kier alpha value is -0.570. The van der Waals surface area contributed by atoms with Crippen molar-refractivity contribution >= 4 is 5.91 Å². The Morgan fingerprint density at radius 2 is 1.95 bits per heavy atom. The van der Waals surface area contributed by atoms with Crippen molar-refractivity contribution in [2.45, 2.75) is 71.3 Å². The van der Waals surface area contributed by atoms with E-state index in [2.05, 4.69) is 18.7 Å². The number of carbonyl (C=O) groups is 1. The van der Waals surface area contributed by atoms with Crippen LogP contribution in [0.1, 0.15) is 65.2 Å². The van der Waals surface area contributed by atoms with Crippen LogP contribution in [-0.4, -0.2) is 29.9 Å². The van der Waals surface area contributed by atoms with Crippen LogP contribution in [0.25, 0.3) is 0 Å². The summed E-state index contributed by atoms with van der Waals surface area (Å²) in [6.07, 6.45) is 9.10. The number of piperidine rings is 1. The van der Waals surface area contributed by atoms with Gasteiger partial charge in [-0.2, -0.15) is 0 Å². The molecule has 3 nitrogen and oxygen atoms in total. The van der Waals surface area contributed by atoms with Crippen LogP contribution in [-0.2, 0) is 4.79 Å². The van der Waals surface area contributed by atoms with E-state index in [1.165, 1.54) is 19.3 Å². The molecule has 0 aromatic heterocycles. The van der Waals surface area contributed by atoms with Gasteiger partial charge in [-0.15, -0.1) is 0 Å². The second-order valence-corrected chi connectivity index (χ2v) is 7.01. The van der Waals surface area contributed by atoms with E-state index in [1.54, 1.807) is 0 Å². The Balaban J connectivity index is 1.95. The summed E-state index contributed by atoms with van der Waals surface area (Å²) in [7, 11) is 0. The molecule has 19 heavy (non-hydrogen) atoms. The van der Waals surface area contributed by atoms with Gasteiger partial charge in [0.1, 0.15) is 0 Å².